The highest BCUT2D eigenvalue weighted by Gasteiger charge is 2.10. The van der Waals surface area contributed by atoms with Crippen LogP contribution in [0.1, 0.15) is 24.9 Å². The molecule has 0 saturated carbocycles. The first-order valence-electron chi connectivity index (χ1n) is 6.65. The van der Waals surface area contributed by atoms with Crippen molar-refractivity contribution >= 4 is 5.91 Å². The second-order valence-corrected chi connectivity index (χ2v) is 4.78. The number of hydrogen-bond donors (Lipinski definition) is 1. The van der Waals surface area contributed by atoms with E-state index in [9.17, 15) is 4.79 Å². The summed E-state index contributed by atoms with van der Waals surface area (Å²) in [6.07, 6.45) is 0.939. The number of methoxy groups -OCH3 is 1. The molecule has 1 aromatic carbocycles. The zero-order chi connectivity index (χ0) is 14.1. The number of ether oxygens (including phenoxy) is 1. The van der Waals surface area contributed by atoms with Crippen LogP contribution in [0.4, 0.5) is 0 Å². The lowest BCUT2D eigenvalue weighted by Crippen LogP contribution is -2.37. The van der Waals surface area contributed by atoms with Gasteiger partial charge < -0.3 is 10.1 Å². The van der Waals surface area contributed by atoms with Gasteiger partial charge in [0.25, 0.3) is 0 Å². The van der Waals surface area contributed by atoms with Crippen LogP contribution in [0.2, 0.25) is 0 Å². The topological polar surface area (TPSA) is 41.6 Å². The Bertz CT molecular complexity index is 368. The van der Waals surface area contributed by atoms with Crippen LogP contribution >= 0.6 is 0 Å². The monoisotopic (exact) mass is 264 g/mol. The van der Waals surface area contributed by atoms with Gasteiger partial charge in [-0.05, 0) is 26.0 Å². The predicted molar refractivity (Wildman–Crippen MR) is 77.0 cm³/mol. The van der Waals surface area contributed by atoms with Crippen LogP contribution in [0, 0.1) is 0 Å². The van der Waals surface area contributed by atoms with E-state index in [-0.39, 0.29) is 11.9 Å². The smallest absolute Gasteiger partial charge is 0.234 e. The molecule has 1 atom stereocenters. The van der Waals surface area contributed by atoms with Gasteiger partial charge in [0.2, 0.25) is 5.91 Å². The van der Waals surface area contributed by atoms with Crippen molar-refractivity contribution in [2.24, 2.45) is 0 Å². The molecule has 4 heteroatoms. The van der Waals surface area contributed by atoms with Gasteiger partial charge in [0.1, 0.15) is 0 Å². The highest BCUT2D eigenvalue weighted by atomic mass is 16.5. The Labute approximate surface area is 115 Å². The molecule has 1 rings (SSSR count). The molecule has 0 fully saturated rings. The molecule has 0 aliphatic carbocycles. The van der Waals surface area contributed by atoms with Gasteiger partial charge in [-0.2, -0.15) is 0 Å². The van der Waals surface area contributed by atoms with Gasteiger partial charge in [-0.25, -0.2) is 0 Å². The summed E-state index contributed by atoms with van der Waals surface area (Å²) >= 11 is 0. The van der Waals surface area contributed by atoms with Crippen LogP contribution in [0.5, 0.6) is 0 Å². The third kappa shape index (κ3) is 6.36. The van der Waals surface area contributed by atoms with Gasteiger partial charge in [0.15, 0.2) is 0 Å². The van der Waals surface area contributed by atoms with Gasteiger partial charge in [-0.1, -0.05) is 30.3 Å². The minimum atomic E-state index is 0.0427. The first kappa shape index (κ1) is 15.7. The number of carbonyl (C=O) groups is 1. The van der Waals surface area contributed by atoms with Crippen molar-refractivity contribution in [3.8, 4) is 0 Å². The highest BCUT2D eigenvalue weighted by Crippen LogP contribution is 2.10. The molecule has 0 aliphatic rings. The third-order valence-corrected chi connectivity index (χ3v) is 2.98. The lowest BCUT2D eigenvalue weighted by atomic mass is 10.1. The summed E-state index contributed by atoms with van der Waals surface area (Å²) in [6.45, 7) is 4.01. The van der Waals surface area contributed by atoms with E-state index in [1.165, 1.54) is 0 Å². The first-order valence-corrected chi connectivity index (χ1v) is 6.65. The molecule has 1 amide bonds. The molecule has 1 unspecified atom stereocenters. The molecule has 106 valence electrons. The number of likely N-dealkylation sites (N-methyl/N-ethyl adjacent to an activating group) is 1. The molecule has 0 heterocycles. The lowest BCUT2D eigenvalue weighted by molar-refractivity contribution is -0.122. The summed E-state index contributed by atoms with van der Waals surface area (Å²) in [5.41, 5.74) is 1.12. The normalized spacial score (nSPS) is 12.4. The number of benzene rings is 1. The molecule has 0 aromatic heterocycles. The van der Waals surface area contributed by atoms with Gasteiger partial charge in [0, 0.05) is 20.3 Å². The van der Waals surface area contributed by atoms with Gasteiger partial charge in [-0.3, -0.25) is 9.69 Å². The Morgan fingerprint density at radius 3 is 2.68 bits per heavy atom. The van der Waals surface area contributed by atoms with Crippen molar-refractivity contribution < 1.29 is 9.53 Å². The molecule has 0 aliphatic heterocycles. The molecule has 1 aromatic rings. The second-order valence-electron chi connectivity index (χ2n) is 4.78. The Morgan fingerprint density at radius 1 is 1.37 bits per heavy atom. The first-order chi connectivity index (χ1) is 9.13. The second kappa shape index (κ2) is 8.67. The SMILES string of the molecule is COCCCN(C)CC(=O)NC(C)c1ccccc1. The van der Waals surface area contributed by atoms with Crippen LogP contribution in [0.25, 0.3) is 0 Å². The molecule has 0 bridgehead atoms. The summed E-state index contributed by atoms with van der Waals surface area (Å²) < 4.78 is 4.99. The summed E-state index contributed by atoms with van der Waals surface area (Å²) in [6, 6.07) is 10.0. The molecule has 0 saturated heterocycles. The largest absolute Gasteiger partial charge is 0.385 e. The van der Waals surface area contributed by atoms with Gasteiger partial charge in [-0.15, -0.1) is 0 Å². The Morgan fingerprint density at radius 2 is 2.05 bits per heavy atom. The third-order valence-electron chi connectivity index (χ3n) is 2.98. The quantitative estimate of drug-likeness (QED) is 0.728. The van der Waals surface area contributed by atoms with Gasteiger partial charge in [0.05, 0.1) is 12.6 Å². The van der Waals surface area contributed by atoms with E-state index in [0.717, 1.165) is 25.1 Å². The number of rotatable bonds is 8. The number of carbonyl (C=O) groups excluding carboxylic acids is 1. The summed E-state index contributed by atoms with van der Waals surface area (Å²) in [5, 5.41) is 3.01. The molecular weight excluding hydrogens is 240 g/mol. The molecule has 0 spiro atoms. The average molecular weight is 264 g/mol. The maximum atomic E-state index is 11.9. The molecule has 19 heavy (non-hydrogen) atoms. The predicted octanol–water partition coefficient (Wildman–Crippen LogP) is 1.83. The minimum Gasteiger partial charge on any atom is -0.385 e. The summed E-state index contributed by atoms with van der Waals surface area (Å²) in [4.78, 5) is 13.9. The van der Waals surface area contributed by atoms with Crippen molar-refractivity contribution in [2.75, 3.05) is 33.9 Å². The van der Waals surface area contributed by atoms with Crippen molar-refractivity contribution in [2.45, 2.75) is 19.4 Å². The Kier molecular flexibility index (Phi) is 7.15. The van der Waals surface area contributed by atoms with E-state index in [4.69, 9.17) is 4.74 Å². The van der Waals surface area contributed by atoms with E-state index in [1.807, 2.05) is 49.2 Å². The minimum absolute atomic E-state index is 0.0427. The zero-order valence-electron chi connectivity index (χ0n) is 12.1. The van der Waals surface area contributed by atoms with E-state index in [0.29, 0.717) is 6.54 Å². The fourth-order valence-corrected chi connectivity index (χ4v) is 1.92. The van der Waals surface area contributed by atoms with E-state index in [2.05, 4.69) is 5.32 Å². The number of nitrogens with zero attached hydrogens (tertiary/aromatic N) is 1. The van der Waals surface area contributed by atoms with Gasteiger partial charge >= 0.3 is 0 Å². The fourth-order valence-electron chi connectivity index (χ4n) is 1.92. The maximum Gasteiger partial charge on any atom is 0.234 e. The van der Waals surface area contributed by atoms with Crippen LogP contribution in [-0.2, 0) is 9.53 Å². The van der Waals surface area contributed by atoms with E-state index >= 15 is 0 Å². The lowest BCUT2D eigenvalue weighted by Gasteiger charge is -2.19. The van der Waals surface area contributed by atoms with E-state index in [1.54, 1.807) is 7.11 Å². The maximum absolute atomic E-state index is 11.9. The van der Waals surface area contributed by atoms with Crippen LogP contribution < -0.4 is 5.32 Å². The van der Waals surface area contributed by atoms with Crippen LogP contribution in [0.3, 0.4) is 0 Å². The van der Waals surface area contributed by atoms with E-state index < -0.39 is 0 Å². The number of amides is 1. The Balaban J connectivity index is 2.30. The fraction of sp³-hybridized carbons (Fsp3) is 0.533. The summed E-state index contributed by atoms with van der Waals surface area (Å²) in [7, 11) is 3.64. The molecule has 4 nitrogen and oxygen atoms in total. The highest BCUT2D eigenvalue weighted by molar-refractivity contribution is 5.78. The Hall–Kier alpha value is -1.39. The summed E-state index contributed by atoms with van der Waals surface area (Å²) in [5.74, 6) is 0.0521. The molecular formula is C15H24N2O2. The average Bonchev–Trinajstić information content (AvgIpc) is 2.39. The molecule has 0 radical (unpaired) electrons. The van der Waals surface area contributed by atoms with Crippen LogP contribution in [0.15, 0.2) is 30.3 Å². The van der Waals surface area contributed by atoms with Crippen molar-refractivity contribution in [1.29, 1.82) is 0 Å². The van der Waals surface area contributed by atoms with Crippen molar-refractivity contribution in [3.63, 3.8) is 0 Å². The zero-order valence-corrected chi connectivity index (χ0v) is 12.1. The van der Waals surface area contributed by atoms with Crippen molar-refractivity contribution in [3.05, 3.63) is 35.9 Å². The molecule has 1 N–H and O–H groups in total. The number of nitrogens with one attached hydrogen (secondary N) is 1. The standard InChI is InChI=1S/C15H24N2O2/c1-13(14-8-5-4-6-9-14)16-15(18)12-17(2)10-7-11-19-3/h4-6,8-9,13H,7,10-12H2,1-3H3,(H,16,18). The van der Waals surface area contributed by atoms with Crippen molar-refractivity contribution in [1.82, 2.24) is 10.2 Å². The van der Waals surface area contributed by atoms with Crippen LogP contribution in [-0.4, -0.2) is 44.7 Å². The number of hydrogen-bond acceptors (Lipinski definition) is 3.